The van der Waals surface area contributed by atoms with E-state index in [0.29, 0.717) is 25.4 Å². The van der Waals surface area contributed by atoms with E-state index in [9.17, 15) is 14.0 Å². The molecular formula is C19H22FN5O3. The van der Waals surface area contributed by atoms with E-state index in [1.165, 1.54) is 25.4 Å². The van der Waals surface area contributed by atoms with Gasteiger partial charge in [0, 0.05) is 25.4 Å². The minimum absolute atomic E-state index is 0.0757. The summed E-state index contributed by atoms with van der Waals surface area (Å²) in [5.74, 6) is -0.379. The Kier molecular flexibility index (Phi) is 6.36. The van der Waals surface area contributed by atoms with Crippen molar-refractivity contribution in [2.24, 2.45) is 5.92 Å². The van der Waals surface area contributed by atoms with Gasteiger partial charge in [0.2, 0.25) is 23.6 Å². The monoisotopic (exact) mass is 387 g/mol. The highest BCUT2D eigenvalue weighted by molar-refractivity contribution is 5.82. The van der Waals surface area contributed by atoms with Crippen molar-refractivity contribution >= 4 is 17.8 Å². The summed E-state index contributed by atoms with van der Waals surface area (Å²) in [4.78, 5) is 34.7. The number of anilines is 1. The first-order valence-corrected chi connectivity index (χ1v) is 9.00. The average Bonchev–Trinajstić information content (AvgIpc) is 2.74. The zero-order valence-corrected chi connectivity index (χ0v) is 15.5. The molecule has 1 fully saturated rings. The van der Waals surface area contributed by atoms with Crippen molar-refractivity contribution in [2.45, 2.75) is 19.3 Å². The number of nitrogens with one attached hydrogen (secondary N) is 2. The summed E-state index contributed by atoms with van der Waals surface area (Å²) in [6, 6.07) is 7.46. The fourth-order valence-corrected chi connectivity index (χ4v) is 3.04. The second-order valence-corrected chi connectivity index (χ2v) is 6.52. The molecule has 0 unspecified atom stereocenters. The average molecular weight is 387 g/mol. The minimum atomic E-state index is -0.335. The molecule has 1 aliphatic rings. The van der Waals surface area contributed by atoms with Crippen LogP contribution >= 0.6 is 0 Å². The predicted molar refractivity (Wildman–Crippen MR) is 99.8 cm³/mol. The zero-order valence-electron chi connectivity index (χ0n) is 15.5. The molecule has 2 heterocycles. The number of ether oxygens (including phenoxy) is 1. The molecule has 1 aliphatic heterocycles. The summed E-state index contributed by atoms with van der Waals surface area (Å²) in [5, 5.41) is 0. The van der Waals surface area contributed by atoms with E-state index < -0.39 is 0 Å². The van der Waals surface area contributed by atoms with Crippen LogP contribution in [0.4, 0.5) is 10.3 Å². The van der Waals surface area contributed by atoms with Gasteiger partial charge in [-0.3, -0.25) is 20.4 Å². The molecule has 0 bridgehead atoms. The Bertz CT molecular complexity index is 831. The molecule has 1 aromatic heterocycles. The van der Waals surface area contributed by atoms with Gasteiger partial charge in [-0.25, -0.2) is 9.37 Å². The Balaban J connectivity index is 1.52. The van der Waals surface area contributed by atoms with Gasteiger partial charge in [-0.1, -0.05) is 12.1 Å². The van der Waals surface area contributed by atoms with Crippen molar-refractivity contribution < 1.29 is 18.7 Å². The van der Waals surface area contributed by atoms with Crippen LogP contribution in [0.25, 0.3) is 0 Å². The number of methoxy groups -OCH3 is 1. The highest BCUT2D eigenvalue weighted by Crippen LogP contribution is 2.18. The number of benzene rings is 1. The van der Waals surface area contributed by atoms with Crippen LogP contribution in [0, 0.1) is 11.7 Å². The molecule has 9 heteroatoms. The first-order chi connectivity index (χ1) is 13.5. The van der Waals surface area contributed by atoms with Crippen LogP contribution in [0.5, 0.6) is 5.88 Å². The van der Waals surface area contributed by atoms with E-state index in [1.54, 1.807) is 23.1 Å². The molecule has 1 saturated heterocycles. The molecule has 2 aromatic rings. The summed E-state index contributed by atoms with van der Waals surface area (Å²) in [6.07, 6.45) is 3.12. The normalized spacial score (nSPS) is 16.4. The first-order valence-electron chi connectivity index (χ1n) is 9.00. The van der Waals surface area contributed by atoms with Gasteiger partial charge in [-0.2, -0.15) is 4.98 Å². The van der Waals surface area contributed by atoms with Crippen molar-refractivity contribution in [1.82, 2.24) is 20.3 Å². The number of hydrogen-bond donors (Lipinski definition) is 2. The first kappa shape index (κ1) is 19.5. The second-order valence-electron chi connectivity index (χ2n) is 6.52. The molecule has 1 aromatic carbocycles. The Labute approximate surface area is 162 Å². The topological polar surface area (TPSA) is 96.5 Å². The zero-order chi connectivity index (χ0) is 19.9. The summed E-state index contributed by atoms with van der Waals surface area (Å²) >= 11 is 0. The third-order valence-electron chi connectivity index (χ3n) is 4.55. The van der Waals surface area contributed by atoms with Crippen LogP contribution in [-0.2, 0) is 16.0 Å². The molecule has 2 amide bonds. The van der Waals surface area contributed by atoms with Crippen LogP contribution in [0.3, 0.4) is 0 Å². The quantitative estimate of drug-likeness (QED) is 0.730. The lowest BCUT2D eigenvalue weighted by atomic mass is 9.97. The Morgan fingerprint density at radius 3 is 2.82 bits per heavy atom. The maximum absolute atomic E-state index is 13.0. The van der Waals surface area contributed by atoms with Gasteiger partial charge in [-0.15, -0.1) is 0 Å². The molecular weight excluding hydrogens is 365 g/mol. The van der Waals surface area contributed by atoms with Crippen molar-refractivity contribution in [3.05, 3.63) is 47.9 Å². The minimum Gasteiger partial charge on any atom is -0.481 e. The molecule has 1 atom stereocenters. The molecule has 0 radical (unpaired) electrons. The number of nitrogens with zero attached hydrogens (tertiary/aromatic N) is 3. The Morgan fingerprint density at radius 2 is 2.07 bits per heavy atom. The van der Waals surface area contributed by atoms with Gasteiger partial charge in [0.25, 0.3) is 0 Å². The van der Waals surface area contributed by atoms with Gasteiger partial charge in [0.05, 0.1) is 19.4 Å². The molecule has 0 aliphatic carbocycles. The number of rotatable bonds is 6. The van der Waals surface area contributed by atoms with E-state index in [0.717, 1.165) is 12.0 Å². The third-order valence-corrected chi connectivity index (χ3v) is 4.55. The third kappa shape index (κ3) is 5.15. The van der Waals surface area contributed by atoms with Crippen molar-refractivity contribution in [3.63, 3.8) is 0 Å². The van der Waals surface area contributed by atoms with Crippen molar-refractivity contribution in [2.75, 3.05) is 25.6 Å². The number of likely N-dealkylation sites (tertiary alicyclic amines) is 1. The fraction of sp³-hybridized carbons (Fsp3) is 0.368. The number of halogens is 1. The number of carbonyl (C=O) groups excluding carboxylic acids is 2. The maximum Gasteiger partial charge on any atom is 0.245 e. The SMILES string of the molecule is COc1ccnc(NNC(=O)[C@@H]2CCCN(C(=O)Cc3ccc(F)cc3)C2)n1. The molecule has 8 nitrogen and oxygen atoms in total. The summed E-state index contributed by atoms with van der Waals surface area (Å²) in [7, 11) is 1.49. The van der Waals surface area contributed by atoms with Gasteiger partial charge in [0.15, 0.2) is 0 Å². The lowest BCUT2D eigenvalue weighted by Gasteiger charge is -2.32. The van der Waals surface area contributed by atoms with Gasteiger partial charge in [0.1, 0.15) is 5.82 Å². The van der Waals surface area contributed by atoms with Crippen molar-refractivity contribution in [3.8, 4) is 5.88 Å². The fourth-order valence-electron chi connectivity index (χ4n) is 3.04. The van der Waals surface area contributed by atoms with Crippen LogP contribution in [0.15, 0.2) is 36.5 Å². The van der Waals surface area contributed by atoms with Crippen LogP contribution in [0.2, 0.25) is 0 Å². The number of hydrazine groups is 1. The molecule has 148 valence electrons. The highest BCUT2D eigenvalue weighted by atomic mass is 19.1. The molecule has 28 heavy (non-hydrogen) atoms. The second kappa shape index (κ2) is 9.12. The Hall–Kier alpha value is -3.23. The van der Waals surface area contributed by atoms with Crippen molar-refractivity contribution in [1.29, 1.82) is 0 Å². The van der Waals surface area contributed by atoms with E-state index in [4.69, 9.17) is 4.74 Å². The molecule has 0 spiro atoms. The van der Waals surface area contributed by atoms with Crippen LogP contribution in [0.1, 0.15) is 18.4 Å². The maximum atomic E-state index is 13.0. The summed E-state index contributed by atoms with van der Waals surface area (Å²) in [5.41, 5.74) is 6.00. The number of piperidine rings is 1. The smallest absolute Gasteiger partial charge is 0.245 e. The van der Waals surface area contributed by atoms with Crippen LogP contribution < -0.4 is 15.6 Å². The molecule has 2 N–H and O–H groups in total. The molecule has 0 saturated carbocycles. The van der Waals surface area contributed by atoms with E-state index in [2.05, 4.69) is 20.8 Å². The van der Waals surface area contributed by atoms with E-state index >= 15 is 0 Å². The standard InChI is InChI=1S/C19H22FN5O3/c1-28-16-8-9-21-19(22-16)24-23-18(27)14-3-2-10-25(12-14)17(26)11-13-4-6-15(20)7-5-13/h4-9,14H,2-3,10-12H2,1H3,(H,23,27)(H,21,22,24)/t14-/m1/s1. The summed E-state index contributed by atoms with van der Waals surface area (Å²) in [6.45, 7) is 0.947. The predicted octanol–water partition coefficient (Wildman–Crippen LogP) is 1.55. The summed E-state index contributed by atoms with van der Waals surface area (Å²) < 4.78 is 18.0. The number of carbonyl (C=O) groups is 2. The number of hydrogen-bond acceptors (Lipinski definition) is 6. The van der Waals surface area contributed by atoms with Gasteiger partial charge in [-0.05, 0) is 30.5 Å². The lowest BCUT2D eigenvalue weighted by molar-refractivity contribution is -0.135. The van der Waals surface area contributed by atoms with E-state index in [-0.39, 0.29) is 35.9 Å². The number of amides is 2. The van der Waals surface area contributed by atoms with Gasteiger partial charge < -0.3 is 9.64 Å². The Morgan fingerprint density at radius 1 is 1.29 bits per heavy atom. The molecule has 3 rings (SSSR count). The lowest BCUT2D eigenvalue weighted by Crippen LogP contribution is -2.47. The largest absolute Gasteiger partial charge is 0.481 e. The highest BCUT2D eigenvalue weighted by Gasteiger charge is 2.28. The number of aromatic nitrogens is 2. The van der Waals surface area contributed by atoms with Gasteiger partial charge >= 0.3 is 0 Å². The van der Waals surface area contributed by atoms with E-state index in [1.807, 2.05) is 0 Å². The van der Waals surface area contributed by atoms with Crippen LogP contribution in [-0.4, -0.2) is 46.9 Å².